The minimum atomic E-state index is 0.502. The third-order valence-electron chi connectivity index (χ3n) is 4.11. The average molecular weight is 286 g/mol. The van der Waals surface area contributed by atoms with Gasteiger partial charge in [-0.15, -0.1) is 0 Å². The number of benzene rings is 1. The Morgan fingerprint density at radius 2 is 2.05 bits per heavy atom. The van der Waals surface area contributed by atoms with E-state index >= 15 is 0 Å². The average Bonchev–Trinajstić information content (AvgIpc) is 2.53. The van der Waals surface area contributed by atoms with Gasteiger partial charge in [0, 0.05) is 39.3 Å². The van der Waals surface area contributed by atoms with Crippen LogP contribution in [0.5, 0.6) is 0 Å². The van der Waals surface area contributed by atoms with E-state index < -0.39 is 0 Å². The summed E-state index contributed by atoms with van der Waals surface area (Å²) in [6.45, 7) is 7.06. The number of nitrogens with zero attached hydrogens (tertiary/aromatic N) is 4. The van der Waals surface area contributed by atoms with Gasteiger partial charge in [0.2, 0.25) is 0 Å². The molecule has 1 aromatic carbocycles. The summed E-state index contributed by atoms with van der Waals surface area (Å²) in [4.78, 5) is 14.0. The second kappa shape index (κ2) is 6.37. The van der Waals surface area contributed by atoms with Gasteiger partial charge in [-0.25, -0.2) is 4.98 Å². The molecule has 0 radical (unpaired) electrons. The van der Waals surface area contributed by atoms with Crippen molar-refractivity contribution in [3.05, 3.63) is 30.5 Å². The quantitative estimate of drug-likeness (QED) is 0.857. The van der Waals surface area contributed by atoms with Gasteiger partial charge in [-0.1, -0.05) is 12.1 Å². The maximum Gasteiger partial charge on any atom is 0.147 e. The molecule has 1 aliphatic rings. The zero-order valence-corrected chi connectivity index (χ0v) is 12.7. The summed E-state index contributed by atoms with van der Waals surface area (Å²) in [6.07, 6.45) is 1.89. The molecule has 5 nitrogen and oxygen atoms in total. The molecule has 0 saturated carbocycles. The summed E-state index contributed by atoms with van der Waals surface area (Å²) in [6, 6.07) is 8.52. The molecule has 2 aromatic rings. The maximum atomic E-state index is 5.17. The van der Waals surface area contributed by atoms with E-state index in [0.717, 1.165) is 49.6 Å². The Balaban J connectivity index is 1.72. The van der Waals surface area contributed by atoms with Gasteiger partial charge in [0.1, 0.15) is 5.82 Å². The Labute approximate surface area is 125 Å². The molecule has 1 saturated heterocycles. The van der Waals surface area contributed by atoms with Crippen LogP contribution in [-0.2, 0) is 4.74 Å². The predicted octanol–water partition coefficient (Wildman–Crippen LogP) is 1.79. The van der Waals surface area contributed by atoms with Gasteiger partial charge in [-0.2, -0.15) is 0 Å². The second-order valence-electron chi connectivity index (χ2n) is 5.54. The smallest absolute Gasteiger partial charge is 0.147 e. The topological polar surface area (TPSA) is 41.5 Å². The summed E-state index contributed by atoms with van der Waals surface area (Å²) in [5, 5.41) is 0. The van der Waals surface area contributed by atoms with Crippen molar-refractivity contribution in [3.8, 4) is 0 Å². The third kappa shape index (κ3) is 3.14. The lowest BCUT2D eigenvalue weighted by Crippen LogP contribution is -2.53. The number of piperazine rings is 1. The van der Waals surface area contributed by atoms with Gasteiger partial charge in [0.25, 0.3) is 0 Å². The molecule has 0 aliphatic carbocycles. The van der Waals surface area contributed by atoms with Gasteiger partial charge in [0.05, 0.1) is 23.8 Å². The molecule has 5 heteroatoms. The van der Waals surface area contributed by atoms with E-state index in [1.807, 2.05) is 30.5 Å². The molecule has 3 rings (SSSR count). The van der Waals surface area contributed by atoms with Crippen LogP contribution in [0, 0.1) is 0 Å². The minimum Gasteiger partial charge on any atom is -0.383 e. The molecule has 1 atom stereocenters. The number of fused-ring (bicyclic) bond motifs is 1. The summed E-state index contributed by atoms with van der Waals surface area (Å²) in [5.74, 6) is 0.979. The minimum absolute atomic E-state index is 0.502. The zero-order chi connectivity index (χ0) is 14.7. The Hall–Kier alpha value is -1.72. The predicted molar refractivity (Wildman–Crippen MR) is 84.7 cm³/mol. The van der Waals surface area contributed by atoms with E-state index in [4.69, 9.17) is 9.72 Å². The second-order valence-corrected chi connectivity index (χ2v) is 5.54. The monoisotopic (exact) mass is 286 g/mol. The van der Waals surface area contributed by atoms with Crippen molar-refractivity contribution < 1.29 is 4.74 Å². The normalized spacial score (nSPS) is 20.1. The van der Waals surface area contributed by atoms with Crippen molar-refractivity contribution in [2.75, 3.05) is 44.8 Å². The van der Waals surface area contributed by atoms with Crippen LogP contribution in [0.1, 0.15) is 6.92 Å². The van der Waals surface area contributed by atoms with Gasteiger partial charge in [-0.3, -0.25) is 9.88 Å². The zero-order valence-electron chi connectivity index (χ0n) is 12.7. The highest BCUT2D eigenvalue weighted by atomic mass is 16.5. The number of para-hydroxylation sites is 2. The largest absolute Gasteiger partial charge is 0.383 e. The fraction of sp³-hybridized carbons (Fsp3) is 0.500. The van der Waals surface area contributed by atoms with Gasteiger partial charge in [-0.05, 0) is 19.1 Å². The lowest BCUT2D eigenvalue weighted by atomic mass is 10.2. The van der Waals surface area contributed by atoms with E-state index in [-0.39, 0.29) is 0 Å². The molecule has 0 N–H and O–H groups in total. The molecular weight excluding hydrogens is 264 g/mol. The molecule has 1 fully saturated rings. The standard InChI is InChI=1S/C16H22N4O/c1-13-12-20(8-7-19(13)9-10-21-2)16-11-17-14-5-3-4-6-15(14)18-16/h3-6,11,13H,7-10,12H2,1-2H3. The fourth-order valence-corrected chi connectivity index (χ4v) is 2.84. The number of aromatic nitrogens is 2. The molecule has 2 heterocycles. The SMILES string of the molecule is COCCN1CCN(c2cnc3ccccc3n2)CC1C. The van der Waals surface area contributed by atoms with Crippen molar-refractivity contribution in [1.29, 1.82) is 0 Å². The maximum absolute atomic E-state index is 5.17. The van der Waals surface area contributed by atoms with Crippen molar-refractivity contribution in [3.63, 3.8) is 0 Å². The Kier molecular flexibility index (Phi) is 4.31. The Bertz CT molecular complexity index is 604. The summed E-state index contributed by atoms with van der Waals surface area (Å²) in [5.41, 5.74) is 1.91. The molecule has 0 amide bonds. The van der Waals surface area contributed by atoms with Crippen LogP contribution in [0.2, 0.25) is 0 Å². The van der Waals surface area contributed by atoms with Crippen LogP contribution in [0.3, 0.4) is 0 Å². The first-order chi connectivity index (χ1) is 10.3. The summed E-state index contributed by atoms with van der Waals surface area (Å²) < 4.78 is 5.17. The summed E-state index contributed by atoms with van der Waals surface area (Å²) >= 11 is 0. The van der Waals surface area contributed by atoms with Crippen molar-refractivity contribution in [2.24, 2.45) is 0 Å². The highest BCUT2D eigenvalue weighted by Gasteiger charge is 2.24. The van der Waals surface area contributed by atoms with Gasteiger partial charge < -0.3 is 9.64 Å². The van der Waals surface area contributed by atoms with E-state index in [1.54, 1.807) is 7.11 Å². The van der Waals surface area contributed by atoms with E-state index in [9.17, 15) is 0 Å². The number of hydrogen-bond donors (Lipinski definition) is 0. The highest BCUT2D eigenvalue weighted by Crippen LogP contribution is 2.19. The van der Waals surface area contributed by atoms with Crippen LogP contribution in [0.25, 0.3) is 11.0 Å². The first-order valence-corrected chi connectivity index (χ1v) is 7.47. The Morgan fingerprint density at radius 3 is 2.81 bits per heavy atom. The van der Waals surface area contributed by atoms with Crippen molar-refractivity contribution >= 4 is 16.9 Å². The number of anilines is 1. The molecule has 1 aromatic heterocycles. The fourth-order valence-electron chi connectivity index (χ4n) is 2.84. The first-order valence-electron chi connectivity index (χ1n) is 7.47. The van der Waals surface area contributed by atoms with E-state index in [1.165, 1.54) is 0 Å². The third-order valence-corrected chi connectivity index (χ3v) is 4.11. The van der Waals surface area contributed by atoms with Gasteiger partial charge in [0.15, 0.2) is 0 Å². The molecule has 112 valence electrons. The number of rotatable bonds is 4. The first kappa shape index (κ1) is 14.2. The molecule has 0 spiro atoms. The van der Waals surface area contributed by atoms with Crippen LogP contribution >= 0.6 is 0 Å². The lowest BCUT2D eigenvalue weighted by molar-refractivity contribution is 0.117. The lowest BCUT2D eigenvalue weighted by Gasteiger charge is -2.40. The summed E-state index contributed by atoms with van der Waals surface area (Å²) in [7, 11) is 1.76. The van der Waals surface area contributed by atoms with Crippen LogP contribution < -0.4 is 4.90 Å². The van der Waals surface area contributed by atoms with Crippen molar-refractivity contribution in [1.82, 2.24) is 14.9 Å². The number of methoxy groups -OCH3 is 1. The van der Waals surface area contributed by atoms with E-state index in [2.05, 4.69) is 21.7 Å². The molecule has 1 unspecified atom stereocenters. The number of hydrogen-bond acceptors (Lipinski definition) is 5. The van der Waals surface area contributed by atoms with E-state index in [0.29, 0.717) is 6.04 Å². The molecule has 21 heavy (non-hydrogen) atoms. The van der Waals surface area contributed by atoms with Gasteiger partial charge >= 0.3 is 0 Å². The van der Waals surface area contributed by atoms with Crippen LogP contribution in [0.15, 0.2) is 30.5 Å². The molecule has 1 aliphatic heterocycles. The molecule has 0 bridgehead atoms. The van der Waals surface area contributed by atoms with Crippen LogP contribution in [0.4, 0.5) is 5.82 Å². The molecular formula is C16H22N4O. The number of ether oxygens (including phenoxy) is 1. The van der Waals surface area contributed by atoms with Crippen LogP contribution in [-0.4, -0.2) is 60.8 Å². The highest BCUT2D eigenvalue weighted by molar-refractivity contribution is 5.75. The Morgan fingerprint density at radius 1 is 1.24 bits per heavy atom. The van der Waals surface area contributed by atoms with Crippen molar-refractivity contribution in [2.45, 2.75) is 13.0 Å².